The summed E-state index contributed by atoms with van der Waals surface area (Å²) < 4.78 is 0. The van der Waals surface area contributed by atoms with Crippen LogP contribution in [-0.4, -0.2) is 27.7 Å². The summed E-state index contributed by atoms with van der Waals surface area (Å²) >= 11 is 0. The van der Waals surface area contributed by atoms with Gasteiger partial charge in [0.2, 0.25) is 0 Å². The van der Waals surface area contributed by atoms with Crippen molar-refractivity contribution in [3.63, 3.8) is 0 Å². The Morgan fingerprint density at radius 2 is 2.19 bits per heavy atom. The molecule has 2 atom stereocenters. The summed E-state index contributed by atoms with van der Waals surface area (Å²) in [4.78, 5) is 14.7. The topological polar surface area (TPSA) is 88.3 Å². The first kappa shape index (κ1) is 13.8. The third kappa shape index (κ3) is 2.80. The molecule has 0 bridgehead atoms. The average Bonchev–Trinajstić information content (AvgIpc) is 2.90. The van der Waals surface area contributed by atoms with Crippen molar-refractivity contribution in [2.24, 2.45) is 5.92 Å². The molecule has 2 aromatic rings. The zero-order valence-corrected chi connectivity index (χ0v) is 11.5. The maximum atomic E-state index is 11.1. The number of aromatic nitrogens is 1. The average molecular weight is 287 g/mol. The van der Waals surface area contributed by atoms with E-state index >= 15 is 0 Å². The minimum atomic E-state index is -0.388. The molecule has 0 saturated heterocycles. The molecular formula is C15H17N3O3. The van der Waals surface area contributed by atoms with Crippen molar-refractivity contribution in [2.45, 2.75) is 25.4 Å². The van der Waals surface area contributed by atoms with Crippen molar-refractivity contribution in [1.82, 2.24) is 4.98 Å². The monoisotopic (exact) mass is 287 g/mol. The lowest BCUT2D eigenvalue weighted by Gasteiger charge is -2.14. The fourth-order valence-electron chi connectivity index (χ4n) is 2.98. The molecular weight excluding hydrogens is 270 g/mol. The molecule has 0 aliphatic heterocycles. The molecule has 1 aliphatic carbocycles. The van der Waals surface area contributed by atoms with Gasteiger partial charge >= 0.3 is 0 Å². The van der Waals surface area contributed by atoms with Crippen LogP contribution in [0.3, 0.4) is 0 Å². The first-order valence-corrected chi connectivity index (χ1v) is 7.08. The van der Waals surface area contributed by atoms with Crippen LogP contribution in [0.5, 0.6) is 0 Å². The fourth-order valence-corrected chi connectivity index (χ4v) is 2.98. The fraction of sp³-hybridized carbons (Fsp3) is 0.400. The van der Waals surface area contributed by atoms with Crippen LogP contribution in [0.1, 0.15) is 19.3 Å². The molecule has 1 fully saturated rings. The van der Waals surface area contributed by atoms with Crippen molar-refractivity contribution in [3.8, 4) is 0 Å². The van der Waals surface area contributed by atoms with Gasteiger partial charge in [-0.25, -0.2) is 0 Å². The van der Waals surface area contributed by atoms with Gasteiger partial charge in [0.25, 0.3) is 5.69 Å². The Kier molecular flexibility index (Phi) is 3.70. The molecule has 2 N–H and O–H groups in total. The number of anilines is 1. The number of rotatable bonds is 4. The Bertz CT molecular complexity index is 674. The summed E-state index contributed by atoms with van der Waals surface area (Å²) in [5.41, 5.74) is 0.944. The zero-order valence-electron chi connectivity index (χ0n) is 11.5. The molecule has 0 spiro atoms. The van der Waals surface area contributed by atoms with Crippen LogP contribution in [-0.2, 0) is 0 Å². The van der Waals surface area contributed by atoms with E-state index in [1.165, 1.54) is 12.3 Å². The van der Waals surface area contributed by atoms with E-state index in [1.54, 1.807) is 18.3 Å². The SMILES string of the molecule is O=[N+]([O-])c1ccc(NCC2CCC(O)C2)c2ccncc12. The Morgan fingerprint density at radius 3 is 2.90 bits per heavy atom. The smallest absolute Gasteiger partial charge is 0.278 e. The Labute approximate surface area is 122 Å². The number of aliphatic hydroxyl groups excluding tert-OH is 1. The second kappa shape index (κ2) is 5.65. The second-order valence-electron chi connectivity index (χ2n) is 5.52. The second-order valence-corrected chi connectivity index (χ2v) is 5.52. The van der Waals surface area contributed by atoms with Gasteiger partial charge in [0.05, 0.1) is 16.4 Å². The molecule has 0 radical (unpaired) electrons. The van der Waals surface area contributed by atoms with Gasteiger partial charge in [0.15, 0.2) is 0 Å². The van der Waals surface area contributed by atoms with E-state index in [0.717, 1.165) is 36.9 Å². The zero-order chi connectivity index (χ0) is 14.8. The molecule has 1 aromatic heterocycles. The summed E-state index contributed by atoms with van der Waals surface area (Å²) in [5.74, 6) is 0.451. The van der Waals surface area contributed by atoms with Crippen LogP contribution in [0.25, 0.3) is 10.8 Å². The maximum Gasteiger partial charge on any atom is 0.278 e. The Morgan fingerprint density at radius 1 is 1.33 bits per heavy atom. The number of nitro benzene ring substituents is 1. The molecule has 0 amide bonds. The highest BCUT2D eigenvalue weighted by Crippen LogP contribution is 2.32. The van der Waals surface area contributed by atoms with Crippen LogP contribution in [0.4, 0.5) is 11.4 Å². The number of nitrogens with one attached hydrogen (secondary N) is 1. The number of nitro groups is 1. The summed E-state index contributed by atoms with van der Waals surface area (Å²) in [6, 6.07) is 5.04. The van der Waals surface area contributed by atoms with Crippen molar-refractivity contribution >= 4 is 22.1 Å². The molecule has 3 rings (SSSR count). The third-order valence-electron chi connectivity index (χ3n) is 4.09. The predicted molar refractivity (Wildman–Crippen MR) is 80.2 cm³/mol. The van der Waals surface area contributed by atoms with Gasteiger partial charge in [-0.15, -0.1) is 0 Å². The summed E-state index contributed by atoms with van der Waals surface area (Å²) in [6.07, 6.45) is 5.67. The lowest BCUT2D eigenvalue weighted by Crippen LogP contribution is -2.12. The molecule has 6 nitrogen and oxygen atoms in total. The molecule has 1 heterocycles. The minimum Gasteiger partial charge on any atom is -0.393 e. The number of nitrogens with zero attached hydrogens (tertiary/aromatic N) is 2. The van der Waals surface area contributed by atoms with Gasteiger partial charge in [-0.3, -0.25) is 15.1 Å². The van der Waals surface area contributed by atoms with Gasteiger partial charge in [0, 0.05) is 36.1 Å². The van der Waals surface area contributed by atoms with Crippen LogP contribution in [0.2, 0.25) is 0 Å². The summed E-state index contributed by atoms with van der Waals surface area (Å²) in [5, 5.41) is 25.3. The number of aliphatic hydroxyl groups is 1. The first-order chi connectivity index (χ1) is 10.1. The number of fused-ring (bicyclic) bond motifs is 1. The summed E-state index contributed by atoms with van der Waals surface area (Å²) in [6.45, 7) is 0.770. The van der Waals surface area contributed by atoms with Crippen molar-refractivity contribution in [3.05, 3.63) is 40.7 Å². The van der Waals surface area contributed by atoms with Gasteiger partial charge in [0.1, 0.15) is 0 Å². The van der Waals surface area contributed by atoms with E-state index in [4.69, 9.17) is 0 Å². The van der Waals surface area contributed by atoms with Crippen molar-refractivity contribution < 1.29 is 10.0 Å². The van der Waals surface area contributed by atoms with Gasteiger partial charge in [-0.05, 0) is 37.3 Å². The molecule has 6 heteroatoms. The Balaban J connectivity index is 1.86. The van der Waals surface area contributed by atoms with Gasteiger partial charge in [-0.2, -0.15) is 0 Å². The largest absolute Gasteiger partial charge is 0.393 e. The van der Waals surface area contributed by atoms with E-state index in [9.17, 15) is 15.2 Å². The number of hydrogen-bond acceptors (Lipinski definition) is 5. The third-order valence-corrected chi connectivity index (χ3v) is 4.09. The molecule has 1 saturated carbocycles. The van der Waals surface area contributed by atoms with Crippen LogP contribution >= 0.6 is 0 Å². The number of benzene rings is 1. The van der Waals surface area contributed by atoms with E-state index in [0.29, 0.717) is 11.3 Å². The van der Waals surface area contributed by atoms with Crippen molar-refractivity contribution in [2.75, 3.05) is 11.9 Å². The molecule has 2 unspecified atom stereocenters. The quantitative estimate of drug-likeness (QED) is 0.666. The van der Waals surface area contributed by atoms with Crippen molar-refractivity contribution in [1.29, 1.82) is 0 Å². The standard InChI is InChI=1S/C15H17N3O3/c19-11-2-1-10(7-11)8-17-14-3-4-15(18(20)21)13-9-16-6-5-12(13)14/h3-6,9-11,17,19H,1-2,7-8H2. The highest BCUT2D eigenvalue weighted by atomic mass is 16.6. The van der Waals surface area contributed by atoms with Gasteiger partial charge < -0.3 is 10.4 Å². The predicted octanol–water partition coefficient (Wildman–Crippen LogP) is 2.72. The number of hydrogen-bond donors (Lipinski definition) is 2. The van der Waals surface area contributed by atoms with Crippen LogP contribution in [0.15, 0.2) is 30.6 Å². The maximum absolute atomic E-state index is 11.1. The first-order valence-electron chi connectivity index (χ1n) is 7.08. The highest BCUT2D eigenvalue weighted by molar-refractivity contribution is 5.99. The van der Waals surface area contributed by atoms with E-state index in [1.807, 2.05) is 0 Å². The normalized spacial score (nSPS) is 21.6. The summed E-state index contributed by atoms with van der Waals surface area (Å²) in [7, 11) is 0. The van der Waals surface area contributed by atoms with E-state index in [2.05, 4.69) is 10.3 Å². The molecule has 1 aliphatic rings. The lowest BCUT2D eigenvalue weighted by molar-refractivity contribution is -0.383. The van der Waals surface area contributed by atoms with Crippen LogP contribution in [0, 0.1) is 16.0 Å². The molecule has 110 valence electrons. The minimum absolute atomic E-state index is 0.0694. The molecule has 21 heavy (non-hydrogen) atoms. The van der Waals surface area contributed by atoms with Gasteiger partial charge in [-0.1, -0.05) is 0 Å². The molecule has 1 aromatic carbocycles. The number of pyridine rings is 1. The van der Waals surface area contributed by atoms with Crippen LogP contribution < -0.4 is 5.32 Å². The highest BCUT2D eigenvalue weighted by Gasteiger charge is 2.23. The Hall–Kier alpha value is -2.21. The number of non-ortho nitro benzene ring substituents is 1. The van der Waals surface area contributed by atoms with E-state index < -0.39 is 0 Å². The lowest BCUT2D eigenvalue weighted by atomic mass is 10.1. The van der Waals surface area contributed by atoms with E-state index in [-0.39, 0.29) is 16.7 Å².